The number of ether oxygens (including phenoxy) is 1. The van der Waals surface area contributed by atoms with Crippen molar-refractivity contribution in [3.8, 4) is 5.75 Å². The van der Waals surface area contributed by atoms with Gasteiger partial charge in [-0.15, -0.1) is 0 Å². The second-order valence-corrected chi connectivity index (χ2v) is 7.17. The number of rotatable bonds is 5. The third-order valence-electron chi connectivity index (χ3n) is 4.69. The molecule has 0 radical (unpaired) electrons. The molecule has 1 atom stereocenters. The van der Waals surface area contributed by atoms with Crippen LogP contribution in [0.5, 0.6) is 5.75 Å². The number of carbonyl (C=O) groups is 1. The van der Waals surface area contributed by atoms with Gasteiger partial charge in [-0.2, -0.15) is 4.98 Å². The highest BCUT2D eigenvalue weighted by molar-refractivity contribution is 5.93. The summed E-state index contributed by atoms with van der Waals surface area (Å²) in [6.45, 7) is 7.55. The van der Waals surface area contributed by atoms with E-state index in [2.05, 4.69) is 59.6 Å². The summed E-state index contributed by atoms with van der Waals surface area (Å²) < 4.78 is 5.28. The Bertz CT molecular complexity index is 1010. The summed E-state index contributed by atoms with van der Waals surface area (Å²) in [5, 5.41) is 8.37. The van der Waals surface area contributed by atoms with Crippen LogP contribution in [0.15, 0.2) is 48.7 Å². The van der Waals surface area contributed by atoms with Gasteiger partial charge in [0, 0.05) is 19.3 Å². The lowest BCUT2D eigenvalue weighted by Crippen LogP contribution is -2.28. The van der Waals surface area contributed by atoms with Crippen molar-refractivity contribution in [2.24, 2.45) is 0 Å². The van der Waals surface area contributed by atoms with Gasteiger partial charge in [0.15, 0.2) is 0 Å². The van der Waals surface area contributed by atoms with E-state index in [0.29, 0.717) is 24.9 Å². The summed E-state index contributed by atoms with van der Waals surface area (Å²) >= 11 is 0. The van der Waals surface area contributed by atoms with Crippen LogP contribution in [0.2, 0.25) is 0 Å². The fourth-order valence-electron chi connectivity index (χ4n) is 3.17. The molecule has 1 fully saturated rings. The number of urea groups is 1. The zero-order valence-corrected chi connectivity index (χ0v) is 18.0. The fraction of sp³-hybridized carbons (Fsp3) is 0.348. The van der Waals surface area contributed by atoms with Gasteiger partial charge in [-0.05, 0) is 47.5 Å². The predicted octanol–water partition coefficient (Wildman–Crippen LogP) is 4.76. The van der Waals surface area contributed by atoms with E-state index in [-0.39, 0.29) is 12.1 Å². The number of amides is 2. The average molecular weight is 408 g/mol. The van der Waals surface area contributed by atoms with Crippen molar-refractivity contribution in [3.63, 3.8) is 0 Å². The Kier molecular flexibility index (Phi) is 7.06. The molecule has 0 bridgehead atoms. The lowest BCUT2D eigenvalue weighted by molar-refractivity contribution is 0.252. The molecule has 1 saturated heterocycles. The fourth-order valence-corrected chi connectivity index (χ4v) is 3.17. The standard InChI is InChI=1S/C20H21N5O2.C3H8/c1-13(14-3-4-16-12-17(27-2)6-5-15(16)11-14)23-19-21-8-7-18(24-19)25-10-9-22-20(25)26;1-3-2/h3-8,11-13H,9-10H2,1-2H3,(H,22,26)(H,21,23,24);3H2,1-2H3. The first-order valence-corrected chi connectivity index (χ1v) is 10.3. The highest BCUT2D eigenvalue weighted by Gasteiger charge is 2.22. The lowest BCUT2D eigenvalue weighted by atomic mass is 10.0. The van der Waals surface area contributed by atoms with Crippen molar-refractivity contribution in [3.05, 3.63) is 54.2 Å². The van der Waals surface area contributed by atoms with Crippen molar-refractivity contribution < 1.29 is 9.53 Å². The first kappa shape index (κ1) is 21.4. The van der Waals surface area contributed by atoms with Crippen LogP contribution < -0.4 is 20.3 Å². The number of anilines is 2. The van der Waals surface area contributed by atoms with Gasteiger partial charge in [0.05, 0.1) is 13.2 Å². The number of benzene rings is 2. The van der Waals surface area contributed by atoms with Crippen LogP contribution in [0, 0.1) is 0 Å². The average Bonchev–Trinajstić information content (AvgIpc) is 3.19. The molecule has 1 unspecified atom stereocenters. The van der Waals surface area contributed by atoms with Crippen LogP contribution in [0.25, 0.3) is 10.8 Å². The second kappa shape index (κ2) is 9.91. The van der Waals surface area contributed by atoms with E-state index in [0.717, 1.165) is 22.1 Å². The van der Waals surface area contributed by atoms with Crippen LogP contribution in [-0.2, 0) is 0 Å². The van der Waals surface area contributed by atoms with Crippen molar-refractivity contribution >= 4 is 28.6 Å². The molecule has 0 spiro atoms. The molecule has 30 heavy (non-hydrogen) atoms. The highest BCUT2D eigenvalue weighted by Crippen LogP contribution is 2.26. The second-order valence-electron chi connectivity index (χ2n) is 7.17. The lowest BCUT2D eigenvalue weighted by Gasteiger charge is -2.17. The minimum atomic E-state index is -0.127. The van der Waals surface area contributed by atoms with Crippen LogP contribution in [0.4, 0.5) is 16.6 Å². The van der Waals surface area contributed by atoms with Crippen LogP contribution in [0.3, 0.4) is 0 Å². The maximum atomic E-state index is 11.8. The minimum absolute atomic E-state index is 0.0131. The van der Waals surface area contributed by atoms with Crippen molar-refractivity contribution in [1.82, 2.24) is 15.3 Å². The van der Waals surface area contributed by atoms with Gasteiger partial charge >= 0.3 is 6.03 Å². The number of carbonyl (C=O) groups excluding carboxylic acids is 1. The SMILES string of the molecule is CCC.COc1ccc2cc(C(C)Nc3nccc(N4CCNC4=O)n3)ccc2c1. The monoisotopic (exact) mass is 407 g/mol. The summed E-state index contributed by atoms with van der Waals surface area (Å²) in [6.07, 6.45) is 2.91. The minimum Gasteiger partial charge on any atom is -0.497 e. The van der Waals surface area contributed by atoms with Gasteiger partial charge in [0.25, 0.3) is 0 Å². The third-order valence-corrected chi connectivity index (χ3v) is 4.69. The molecule has 7 nitrogen and oxygen atoms in total. The zero-order valence-electron chi connectivity index (χ0n) is 18.0. The molecule has 0 aliphatic carbocycles. The molecule has 158 valence electrons. The molecule has 2 N–H and O–H groups in total. The van der Waals surface area contributed by atoms with E-state index in [9.17, 15) is 4.79 Å². The van der Waals surface area contributed by atoms with Crippen LogP contribution in [0.1, 0.15) is 38.8 Å². The van der Waals surface area contributed by atoms with E-state index >= 15 is 0 Å². The highest BCUT2D eigenvalue weighted by atomic mass is 16.5. The molecule has 2 aromatic carbocycles. The molecule has 1 aliphatic heterocycles. The Hall–Kier alpha value is -3.35. The summed E-state index contributed by atoms with van der Waals surface area (Å²) in [4.78, 5) is 22.2. The number of fused-ring (bicyclic) bond motifs is 1. The van der Waals surface area contributed by atoms with Crippen LogP contribution in [-0.4, -0.2) is 36.2 Å². The first-order valence-electron chi connectivity index (χ1n) is 10.3. The molecule has 0 saturated carbocycles. The largest absolute Gasteiger partial charge is 0.497 e. The van der Waals surface area contributed by atoms with Gasteiger partial charge in [0.1, 0.15) is 11.6 Å². The number of methoxy groups -OCH3 is 1. The Labute approximate surface area is 177 Å². The Morgan fingerprint density at radius 2 is 1.90 bits per heavy atom. The molecular weight excluding hydrogens is 378 g/mol. The third kappa shape index (κ3) is 4.97. The van der Waals surface area contributed by atoms with E-state index in [1.54, 1.807) is 24.3 Å². The smallest absolute Gasteiger partial charge is 0.323 e. The molecule has 4 rings (SSSR count). The quantitative estimate of drug-likeness (QED) is 0.638. The van der Waals surface area contributed by atoms with Crippen LogP contribution >= 0.6 is 0 Å². The van der Waals surface area contributed by atoms with Crippen molar-refractivity contribution in [2.45, 2.75) is 33.2 Å². The molecule has 3 aromatic rings. The van der Waals surface area contributed by atoms with Gasteiger partial charge in [-0.1, -0.05) is 38.5 Å². The van der Waals surface area contributed by atoms with E-state index in [1.165, 1.54) is 6.42 Å². The number of nitrogens with zero attached hydrogens (tertiary/aromatic N) is 3. The molecule has 7 heteroatoms. The number of hydrogen-bond donors (Lipinski definition) is 2. The normalized spacial score (nSPS) is 14.0. The summed E-state index contributed by atoms with van der Waals surface area (Å²) in [5.41, 5.74) is 1.13. The molecule has 1 aliphatic rings. The maximum Gasteiger partial charge on any atom is 0.323 e. The van der Waals surface area contributed by atoms with E-state index in [1.807, 2.05) is 18.2 Å². The van der Waals surface area contributed by atoms with Gasteiger partial charge in [-0.25, -0.2) is 9.78 Å². The number of hydrogen-bond acceptors (Lipinski definition) is 5. The summed E-state index contributed by atoms with van der Waals surface area (Å²) in [6, 6.07) is 14.0. The summed E-state index contributed by atoms with van der Waals surface area (Å²) in [7, 11) is 1.67. The Balaban J connectivity index is 0.000000806. The molecule has 1 aromatic heterocycles. The van der Waals surface area contributed by atoms with Gasteiger partial charge in [0.2, 0.25) is 5.95 Å². The topological polar surface area (TPSA) is 79.4 Å². The van der Waals surface area contributed by atoms with Crippen molar-refractivity contribution in [2.75, 3.05) is 30.4 Å². The number of nitrogens with one attached hydrogen (secondary N) is 2. The summed E-state index contributed by atoms with van der Waals surface area (Å²) in [5.74, 6) is 1.94. The molecular formula is C23H29N5O2. The Morgan fingerprint density at radius 1 is 1.17 bits per heavy atom. The molecule has 2 amide bonds. The van der Waals surface area contributed by atoms with Crippen molar-refractivity contribution in [1.29, 1.82) is 0 Å². The van der Waals surface area contributed by atoms with Gasteiger partial charge < -0.3 is 15.4 Å². The van der Waals surface area contributed by atoms with E-state index in [4.69, 9.17) is 4.74 Å². The Morgan fingerprint density at radius 3 is 2.60 bits per heavy atom. The first-order chi connectivity index (χ1) is 14.5. The predicted molar refractivity (Wildman–Crippen MR) is 121 cm³/mol. The molecule has 2 heterocycles. The van der Waals surface area contributed by atoms with E-state index < -0.39 is 0 Å². The maximum absolute atomic E-state index is 11.8. The zero-order chi connectivity index (χ0) is 21.5. The number of aromatic nitrogens is 2. The van der Waals surface area contributed by atoms with Gasteiger partial charge in [-0.3, -0.25) is 4.90 Å².